The standard InChI is InChI=1S/C16H23N4O4P/c1-3-4-10-24-15-7-5-14(6-8-15)17-18-16-12-20(19-13(16)2)9-11-25(21,22)23/h5-8,12H,3-4,9-11H2,1-2H3,(H2,21,22,23). The van der Waals surface area contributed by atoms with Crippen molar-refractivity contribution in [2.75, 3.05) is 12.8 Å². The van der Waals surface area contributed by atoms with Gasteiger partial charge in [0.15, 0.2) is 0 Å². The fourth-order valence-corrected chi connectivity index (χ4v) is 2.47. The van der Waals surface area contributed by atoms with E-state index in [4.69, 9.17) is 14.5 Å². The number of hydrogen-bond donors (Lipinski definition) is 2. The number of aromatic nitrogens is 2. The molecule has 0 amide bonds. The van der Waals surface area contributed by atoms with Gasteiger partial charge in [-0.3, -0.25) is 9.25 Å². The van der Waals surface area contributed by atoms with Gasteiger partial charge in [0.1, 0.15) is 11.4 Å². The van der Waals surface area contributed by atoms with Crippen LogP contribution >= 0.6 is 7.60 Å². The Balaban J connectivity index is 1.97. The van der Waals surface area contributed by atoms with E-state index in [0.717, 1.165) is 18.6 Å². The third-order valence-corrected chi connectivity index (χ3v) is 4.20. The molecule has 25 heavy (non-hydrogen) atoms. The van der Waals surface area contributed by atoms with Gasteiger partial charge >= 0.3 is 7.60 Å². The summed E-state index contributed by atoms with van der Waals surface area (Å²) in [6.45, 7) is 4.71. The SMILES string of the molecule is CCCCOc1ccc(N=Nc2cn(CCP(=O)(O)O)nc2C)cc1. The third-order valence-electron chi connectivity index (χ3n) is 3.42. The van der Waals surface area contributed by atoms with E-state index in [1.54, 1.807) is 13.1 Å². The summed E-state index contributed by atoms with van der Waals surface area (Å²) in [4.78, 5) is 17.8. The lowest BCUT2D eigenvalue weighted by Crippen LogP contribution is -2.03. The fraction of sp³-hybridized carbons (Fsp3) is 0.438. The minimum Gasteiger partial charge on any atom is -0.494 e. The first-order valence-corrected chi connectivity index (χ1v) is 9.90. The number of nitrogens with zero attached hydrogens (tertiary/aromatic N) is 4. The summed E-state index contributed by atoms with van der Waals surface area (Å²) in [7, 11) is -4.04. The molecule has 9 heteroatoms. The van der Waals surface area contributed by atoms with Gasteiger partial charge in [0, 0.05) is 0 Å². The van der Waals surface area contributed by atoms with Crippen LogP contribution in [-0.2, 0) is 11.1 Å². The molecule has 0 bridgehead atoms. The quantitative estimate of drug-likeness (QED) is 0.396. The zero-order valence-corrected chi connectivity index (χ0v) is 15.3. The molecule has 2 aromatic rings. The van der Waals surface area contributed by atoms with Crippen LogP contribution < -0.4 is 4.74 Å². The van der Waals surface area contributed by atoms with Gasteiger partial charge in [0.25, 0.3) is 0 Å². The molecule has 0 fully saturated rings. The molecular weight excluding hydrogens is 343 g/mol. The lowest BCUT2D eigenvalue weighted by atomic mass is 10.3. The van der Waals surface area contributed by atoms with Crippen molar-refractivity contribution >= 4 is 19.0 Å². The first kappa shape index (κ1) is 19.3. The number of hydrogen-bond acceptors (Lipinski definition) is 5. The van der Waals surface area contributed by atoms with Gasteiger partial charge in [-0.2, -0.15) is 10.2 Å². The first-order valence-electron chi connectivity index (χ1n) is 8.10. The molecule has 0 saturated heterocycles. The molecule has 0 spiro atoms. The predicted octanol–water partition coefficient (Wildman–Crippen LogP) is 3.96. The highest BCUT2D eigenvalue weighted by atomic mass is 31.2. The summed E-state index contributed by atoms with van der Waals surface area (Å²) in [6, 6.07) is 7.33. The Labute approximate surface area is 146 Å². The molecule has 1 heterocycles. The second kappa shape index (κ2) is 8.89. The molecule has 2 N–H and O–H groups in total. The normalized spacial score (nSPS) is 12.0. The maximum Gasteiger partial charge on any atom is 0.327 e. The second-order valence-electron chi connectivity index (χ2n) is 5.65. The highest BCUT2D eigenvalue weighted by molar-refractivity contribution is 7.51. The van der Waals surface area contributed by atoms with E-state index in [9.17, 15) is 4.57 Å². The van der Waals surface area contributed by atoms with E-state index in [-0.39, 0.29) is 12.7 Å². The minimum absolute atomic E-state index is 0.129. The number of ether oxygens (including phenoxy) is 1. The van der Waals surface area contributed by atoms with Gasteiger partial charge in [-0.25, -0.2) is 0 Å². The molecule has 0 atom stereocenters. The predicted molar refractivity (Wildman–Crippen MR) is 94.9 cm³/mol. The molecule has 1 aromatic heterocycles. The highest BCUT2D eigenvalue weighted by Crippen LogP contribution is 2.34. The van der Waals surface area contributed by atoms with Crippen molar-refractivity contribution in [3.8, 4) is 5.75 Å². The fourth-order valence-electron chi connectivity index (χ4n) is 2.01. The molecule has 0 radical (unpaired) electrons. The summed E-state index contributed by atoms with van der Waals surface area (Å²) in [6.07, 6.45) is 3.47. The molecule has 0 unspecified atom stereocenters. The maximum atomic E-state index is 10.9. The van der Waals surface area contributed by atoms with E-state index < -0.39 is 7.60 Å². The topological polar surface area (TPSA) is 109 Å². The summed E-state index contributed by atoms with van der Waals surface area (Å²) in [5.74, 6) is 0.800. The van der Waals surface area contributed by atoms with Crippen molar-refractivity contribution in [2.45, 2.75) is 33.2 Å². The van der Waals surface area contributed by atoms with Crippen molar-refractivity contribution in [1.29, 1.82) is 0 Å². The van der Waals surface area contributed by atoms with Gasteiger partial charge < -0.3 is 14.5 Å². The Bertz CT molecular complexity index is 752. The van der Waals surface area contributed by atoms with Crippen LogP contribution in [0.2, 0.25) is 0 Å². The van der Waals surface area contributed by atoms with Gasteiger partial charge in [0.2, 0.25) is 0 Å². The number of azo groups is 1. The molecule has 2 rings (SSSR count). The summed E-state index contributed by atoms with van der Waals surface area (Å²) in [5.41, 5.74) is 1.90. The van der Waals surface area contributed by atoms with Crippen LogP contribution in [0.15, 0.2) is 40.7 Å². The molecule has 0 aliphatic heterocycles. The Morgan fingerprint density at radius 1 is 1.24 bits per heavy atom. The summed E-state index contributed by atoms with van der Waals surface area (Å²) < 4.78 is 18.0. The van der Waals surface area contributed by atoms with Crippen molar-refractivity contribution < 1.29 is 19.1 Å². The van der Waals surface area contributed by atoms with Crippen LogP contribution in [0.1, 0.15) is 25.5 Å². The Morgan fingerprint density at radius 3 is 2.60 bits per heavy atom. The monoisotopic (exact) mass is 366 g/mol. The van der Waals surface area contributed by atoms with E-state index in [1.165, 1.54) is 4.68 Å². The number of aryl methyl sites for hydroxylation is 2. The molecule has 0 saturated carbocycles. The molecule has 1 aromatic carbocycles. The minimum atomic E-state index is -4.04. The number of benzene rings is 1. The van der Waals surface area contributed by atoms with Crippen molar-refractivity contribution in [1.82, 2.24) is 9.78 Å². The molecule has 8 nitrogen and oxygen atoms in total. The Morgan fingerprint density at radius 2 is 1.96 bits per heavy atom. The summed E-state index contributed by atoms with van der Waals surface area (Å²) >= 11 is 0. The van der Waals surface area contributed by atoms with E-state index >= 15 is 0 Å². The summed E-state index contributed by atoms with van der Waals surface area (Å²) in [5, 5.41) is 12.5. The molecular formula is C16H23N4O4P. The van der Waals surface area contributed by atoms with Crippen molar-refractivity contribution in [2.24, 2.45) is 10.2 Å². The lowest BCUT2D eigenvalue weighted by Gasteiger charge is -2.04. The highest BCUT2D eigenvalue weighted by Gasteiger charge is 2.13. The van der Waals surface area contributed by atoms with Crippen LogP contribution in [0.4, 0.5) is 11.4 Å². The van der Waals surface area contributed by atoms with Crippen LogP contribution in [0.3, 0.4) is 0 Å². The van der Waals surface area contributed by atoms with E-state index in [1.807, 2.05) is 24.3 Å². The van der Waals surface area contributed by atoms with Crippen molar-refractivity contribution in [3.05, 3.63) is 36.2 Å². The van der Waals surface area contributed by atoms with Crippen LogP contribution in [0.5, 0.6) is 5.75 Å². The zero-order chi connectivity index (χ0) is 18.3. The zero-order valence-electron chi connectivity index (χ0n) is 14.4. The van der Waals surface area contributed by atoms with Crippen molar-refractivity contribution in [3.63, 3.8) is 0 Å². The Hall–Kier alpha value is -2.02. The number of rotatable bonds is 9. The van der Waals surface area contributed by atoms with Crippen LogP contribution in [0.25, 0.3) is 0 Å². The van der Waals surface area contributed by atoms with Gasteiger partial charge in [-0.1, -0.05) is 13.3 Å². The lowest BCUT2D eigenvalue weighted by molar-refractivity contribution is 0.309. The second-order valence-corrected chi connectivity index (χ2v) is 7.42. The van der Waals surface area contributed by atoms with E-state index in [2.05, 4.69) is 22.3 Å². The third kappa shape index (κ3) is 6.78. The Kier molecular flexibility index (Phi) is 6.87. The molecule has 136 valence electrons. The van der Waals surface area contributed by atoms with E-state index in [0.29, 0.717) is 23.7 Å². The van der Waals surface area contributed by atoms with Gasteiger partial charge in [-0.15, -0.1) is 5.11 Å². The van der Waals surface area contributed by atoms with Gasteiger partial charge in [-0.05, 0) is 37.6 Å². The average molecular weight is 366 g/mol. The first-order chi connectivity index (χ1) is 11.9. The maximum absolute atomic E-state index is 10.9. The van der Waals surface area contributed by atoms with Gasteiger partial charge in [0.05, 0.1) is 36.9 Å². The largest absolute Gasteiger partial charge is 0.494 e. The average Bonchev–Trinajstić information content (AvgIpc) is 2.92. The molecule has 0 aliphatic rings. The molecule has 0 aliphatic carbocycles. The number of unbranched alkanes of at least 4 members (excludes halogenated alkanes) is 1. The van der Waals surface area contributed by atoms with Crippen LogP contribution in [-0.4, -0.2) is 32.3 Å². The van der Waals surface area contributed by atoms with Crippen LogP contribution in [0, 0.1) is 6.92 Å². The smallest absolute Gasteiger partial charge is 0.327 e.